The van der Waals surface area contributed by atoms with Crippen molar-refractivity contribution in [2.24, 2.45) is 11.5 Å². The van der Waals surface area contributed by atoms with Crippen LogP contribution in [0.2, 0.25) is 0 Å². The average molecular weight is 199 g/mol. The van der Waals surface area contributed by atoms with E-state index in [9.17, 15) is 4.79 Å². The summed E-state index contributed by atoms with van der Waals surface area (Å²) in [6.07, 6.45) is 4.46. The highest BCUT2D eigenvalue weighted by Crippen LogP contribution is 2.16. The third kappa shape index (κ3) is 4.07. The molecule has 0 radical (unpaired) electrons. The van der Waals surface area contributed by atoms with Crippen LogP contribution in [0.5, 0.6) is 0 Å². The van der Waals surface area contributed by atoms with Gasteiger partial charge in [0.1, 0.15) is 0 Å². The molecule has 0 heterocycles. The molecular formula is C10H21N3O. The van der Waals surface area contributed by atoms with Crippen LogP contribution in [0.15, 0.2) is 0 Å². The van der Waals surface area contributed by atoms with Gasteiger partial charge in [-0.05, 0) is 32.6 Å². The van der Waals surface area contributed by atoms with Gasteiger partial charge >= 0.3 is 0 Å². The number of amides is 1. The minimum Gasteiger partial charge on any atom is -0.353 e. The third-order valence-corrected chi connectivity index (χ3v) is 2.64. The minimum atomic E-state index is -0.0548. The van der Waals surface area contributed by atoms with E-state index in [1.165, 1.54) is 0 Å². The summed E-state index contributed by atoms with van der Waals surface area (Å²) >= 11 is 0. The molecule has 14 heavy (non-hydrogen) atoms. The summed E-state index contributed by atoms with van der Waals surface area (Å²) in [4.78, 5) is 11.4. The molecule has 0 spiro atoms. The molecule has 1 atom stereocenters. The second-order valence-electron chi connectivity index (χ2n) is 4.36. The Morgan fingerprint density at radius 1 is 1.43 bits per heavy atom. The molecular weight excluding hydrogens is 178 g/mol. The number of hydrogen-bond donors (Lipinski definition) is 3. The fraction of sp³-hybridized carbons (Fsp3) is 0.900. The first-order valence-corrected chi connectivity index (χ1v) is 5.38. The van der Waals surface area contributed by atoms with Crippen LogP contribution in [0.3, 0.4) is 0 Å². The summed E-state index contributed by atoms with van der Waals surface area (Å²) < 4.78 is 0. The van der Waals surface area contributed by atoms with Gasteiger partial charge in [-0.25, -0.2) is 0 Å². The zero-order valence-electron chi connectivity index (χ0n) is 8.83. The van der Waals surface area contributed by atoms with Gasteiger partial charge in [-0.2, -0.15) is 0 Å². The first kappa shape index (κ1) is 11.5. The largest absolute Gasteiger partial charge is 0.353 e. The molecule has 1 unspecified atom stereocenters. The van der Waals surface area contributed by atoms with E-state index in [2.05, 4.69) is 5.32 Å². The average Bonchev–Trinajstić information content (AvgIpc) is 2.07. The predicted molar refractivity (Wildman–Crippen MR) is 56.6 cm³/mol. The number of rotatable bonds is 3. The zero-order chi connectivity index (χ0) is 10.6. The van der Waals surface area contributed by atoms with Gasteiger partial charge in [-0.1, -0.05) is 0 Å². The van der Waals surface area contributed by atoms with E-state index in [-0.39, 0.29) is 11.9 Å². The Kier molecular flexibility index (Phi) is 4.35. The molecule has 1 aliphatic rings. The van der Waals surface area contributed by atoms with Crippen LogP contribution in [-0.4, -0.2) is 24.0 Å². The maximum Gasteiger partial charge on any atom is 0.221 e. The molecule has 0 aromatic rings. The smallest absolute Gasteiger partial charge is 0.221 e. The molecule has 0 aromatic carbocycles. The van der Waals surface area contributed by atoms with E-state index in [1.807, 2.05) is 6.92 Å². The maximum absolute atomic E-state index is 11.4. The van der Waals surface area contributed by atoms with Crippen LogP contribution in [0.1, 0.15) is 39.0 Å². The van der Waals surface area contributed by atoms with Gasteiger partial charge in [0.15, 0.2) is 0 Å². The molecule has 1 amide bonds. The van der Waals surface area contributed by atoms with Crippen LogP contribution >= 0.6 is 0 Å². The topological polar surface area (TPSA) is 81.1 Å². The van der Waals surface area contributed by atoms with E-state index in [0.717, 1.165) is 25.7 Å². The first-order valence-electron chi connectivity index (χ1n) is 5.38. The second kappa shape index (κ2) is 5.32. The van der Waals surface area contributed by atoms with Crippen LogP contribution in [0, 0.1) is 0 Å². The van der Waals surface area contributed by atoms with Gasteiger partial charge in [-0.3, -0.25) is 4.79 Å². The molecule has 1 rings (SSSR count). The lowest BCUT2D eigenvalue weighted by Gasteiger charge is -2.27. The zero-order valence-corrected chi connectivity index (χ0v) is 8.83. The van der Waals surface area contributed by atoms with Crippen LogP contribution in [0.25, 0.3) is 0 Å². The fourth-order valence-corrected chi connectivity index (χ4v) is 1.84. The van der Waals surface area contributed by atoms with E-state index in [0.29, 0.717) is 18.5 Å². The highest BCUT2D eigenvalue weighted by atomic mass is 16.1. The Labute approximate surface area is 85.4 Å². The molecule has 0 aromatic heterocycles. The Hall–Kier alpha value is -0.610. The van der Waals surface area contributed by atoms with Crippen molar-refractivity contribution in [1.82, 2.24) is 5.32 Å². The Morgan fingerprint density at radius 2 is 2.00 bits per heavy atom. The fourth-order valence-electron chi connectivity index (χ4n) is 1.84. The van der Waals surface area contributed by atoms with Gasteiger partial charge in [0.25, 0.3) is 0 Å². The molecule has 4 heteroatoms. The quantitative estimate of drug-likeness (QED) is 0.603. The van der Waals surface area contributed by atoms with Crippen molar-refractivity contribution in [3.05, 3.63) is 0 Å². The van der Waals surface area contributed by atoms with E-state index >= 15 is 0 Å². The predicted octanol–water partition coefficient (Wildman–Crippen LogP) is 0.110. The normalized spacial score (nSPS) is 29.6. The van der Waals surface area contributed by atoms with E-state index in [4.69, 9.17) is 11.5 Å². The van der Waals surface area contributed by atoms with Crippen molar-refractivity contribution in [2.75, 3.05) is 0 Å². The lowest BCUT2D eigenvalue weighted by molar-refractivity contribution is -0.122. The van der Waals surface area contributed by atoms with Crippen LogP contribution in [-0.2, 0) is 4.79 Å². The van der Waals surface area contributed by atoms with Gasteiger partial charge in [-0.15, -0.1) is 0 Å². The highest BCUT2D eigenvalue weighted by molar-refractivity contribution is 5.76. The highest BCUT2D eigenvalue weighted by Gasteiger charge is 2.19. The van der Waals surface area contributed by atoms with Crippen molar-refractivity contribution in [3.8, 4) is 0 Å². The second-order valence-corrected chi connectivity index (χ2v) is 4.36. The molecule has 0 aliphatic heterocycles. The van der Waals surface area contributed by atoms with Gasteiger partial charge in [0.2, 0.25) is 5.91 Å². The van der Waals surface area contributed by atoms with Crippen LogP contribution < -0.4 is 16.8 Å². The number of carbonyl (C=O) groups is 1. The molecule has 0 bridgehead atoms. The standard InChI is InChI=1S/C10H21N3O/c1-7(11)6-10(14)13-9-4-2-8(12)3-5-9/h7-9H,2-6,11-12H2,1H3,(H,13,14). The minimum absolute atomic E-state index is 0.0548. The molecule has 0 saturated heterocycles. The SMILES string of the molecule is CC(N)CC(=O)NC1CCC(N)CC1. The number of nitrogens with one attached hydrogen (secondary N) is 1. The van der Waals surface area contributed by atoms with E-state index in [1.54, 1.807) is 0 Å². The molecule has 1 saturated carbocycles. The number of carbonyl (C=O) groups excluding carboxylic acids is 1. The van der Waals surface area contributed by atoms with Crippen molar-refractivity contribution >= 4 is 5.91 Å². The van der Waals surface area contributed by atoms with Crippen molar-refractivity contribution in [1.29, 1.82) is 0 Å². The molecule has 4 nitrogen and oxygen atoms in total. The molecule has 1 fully saturated rings. The summed E-state index contributed by atoms with van der Waals surface area (Å²) in [6, 6.07) is 0.596. The molecule has 82 valence electrons. The van der Waals surface area contributed by atoms with Crippen molar-refractivity contribution < 1.29 is 4.79 Å². The third-order valence-electron chi connectivity index (χ3n) is 2.64. The summed E-state index contributed by atoms with van der Waals surface area (Å²) in [7, 11) is 0. The number of hydrogen-bond acceptors (Lipinski definition) is 3. The van der Waals surface area contributed by atoms with Gasteiger partial charge in [0.05, 0.1) is 0 Å². The van der Waals surface area contributed by atoms with Gasteiger partial charge in [0, 0.05) is 24.5 Å². The Bertz CT molecular complexity index is 186. The summed E-state index contributed by atoms with van der Waals surface area (Å²) in [5.74, 6) is 0.0699. The van der Waals surface area contributed by atoms with Gasteiger partial charge < -0.3 is 16.8 Å². The Balaban J connectivity index is 2.20. The summed E-state index contributed by atoms with van der Waals surface area (Å²) in [5, 5.41) is 3.00. The monoisotopic (exact) mass is 199 g/mol. The molecule has 1 aliphatic carbocycles. The lowest BCUT2D eigenvalue weighted by Crippen LogP contribution is -2.41. The van der Waals surface area contributed by atoms with Crippen molar-refractivity contribution in [2.45, 2.75) is 57.2 Å². The van der Waals surface area contributed by atoms with Crippen molar-refractivity contribution in [3.63, 3.8) is 0 Å². The number of nitrogens with two attached hydrogens (primary N) is 2. The Morgan fingerprint density at radius 3 is 2.50 bits per heavy atom. The lowest BCUT2D eigenvalue weighted by atomic mass is 9.92. The molecule has 5 N–H and O–H groups in total. The summed E-state index contributed by atoms with van der Waals surface area (Å²) in [5.41, 5.74) is 11.3. The van der Waals surface area contributed by atoms with Crippen LogP contribution in [0.4, 0.5) is 0 Å². The van der Waals surface area contributed by atoms with E-state index < -0.39 is 0 Å². The summed E-state index contributed by atoms with van der Waals surface area (Å²) in [6.45, 7) is 1.84. The first-order chi connectivity index (χ1) is 6.58. The maximum atomic E-state index is 11.4.